The molecule has 1 aliphatic carbocycles. The molecule has 24 heavy (non-hydrogen) atoms. The van der Waals surface area contributed by atoms with Crippen LogP contribution >= 0.6 is 11.6 Å². The fourth-order valence-corrected chi connectivity index (χ4v) is 4.41. The lowest BCUT2D eigenvalue weighted by Crippen LogP contribution is -2.51. The van der Waals surface area contributed by atoms with Crippen LogP contribution in [-0.4, -0.2) is 54.6 Å². The van der Waals surface area contributed by atoms with Gasteiger partial charge < -0.3 is 14.6 Å². The third-order valence-electron chi connectivity index (χ3n) is 5.49. The molecule has 1 aromatic carbocycles. The third-order valence-corrected chi connectivity index (χ3v) is 5.84. The Morgan fingerprint density at radius 3 is 2.96 bits per heavy atom. The average molecular weight is 358 g/mol. The van der Waals surface area contributed by atoms with Crippen LogP contribution in [0, 0.1) is 5.82 Å². The second-order valence-electron chi connectivity index (χ2n) is 6.73. The molecule has 0 amide bonds. The number of benzene rings is 1. The van der Waals surface area contributed by atoms with Crippen molar-refractivity contribution in [2.45, 2.75) is 50.0 Å². The first-order valence-corrected chi connectivity index (χ1v) is 8.91. The highest BCUT2D eigenvalue weighted by molar-refractivity contribution is 6.31. The average Bonchev–Trinajstić information content (AvgIpc) is 2.94. The second-order valence-corrected chi connectivity index (χ2v) is 7.14. The van der Waals surface area contributed by atoms with Gasteiger partial charge in [0.15, 0.2) is 0 Å². The van der Waals surface area contributed by atoms with Crippen LogP contribution in [0.4, 0.5) is 4.39 Å². The minimum Gasteiger partial charge on any atom is -0.394 e. The predicted octanol–water partition coefficient (Wildman–Crippen LogP) is 3.00. The Morgan fingerprint density at radius 1 is 1.42 bits per heavy atom. The van der Waals surface area contributed by atoms with Gasteiger partial charge in [0.2, 0.25) is 0 Å². The first kappa shape index (κ1) is 18.1. The Balaban J connectivity index is 1.73. The first-order chi connectivity index (χ1) is 11.6. The molecule has 3 rings (SSSR count). The summed E-state index contributed by atoms with van der Waals surface area (Å²) in [6.07, 6.45) is 3.93. The Kier molecular flexibility index (Phi) is 5.78. The molecule has 1 saturated heterocycles. The van der Waals surface area contributed by atoms with Gasteiger partial charge in [-0.25, -0.2) is 4.39 Å². The quantitative estimate of drug-likeness (QED) is 0.849. The number of aliphatic hydroxyl groups excluding tert-OH is 1. The van der Waals surface area contributed by atoms with Crippen molar-refractivity contribution in [3.63, 3.8) is 0 Å². The van der Waals surface area contributed by atoms with Crippen molar-refractivity contribution >= 4 is 11.6 Å². The zero-order chi connectivity index (χ0) is 17.2. The predicted molar refractivity (Wildman–Crippen MR) is 90.6 cm³/mol. The van der Waals surface area contributed by atoms with Crippen molar-refractivity contribution in [2.75, 3.05) is 26.9 Å². The molecule has 2 fully saturated rings. The Labute approximate surface area is 147 Å². The van der Waals surface area contributed by atoms with E-state index in [0.29, 0.717) is 18.2 Å². The normalized spacial score (nSPS) is 30.5. The van der Waals surface area contributed by atoms with Gasteiger partial charge in [0.05, 0.1) is 24.9 Å². The van der Waals surface area contributed by atoms with Crippen LogP contribution in [0.25, 0.3) is 0 Å². The molecule has 0 radical (unpaired) electrons. The molecule has 0 spiro atoms. The molecule has 1 saturated carbocycles. The molecule has 1 aliphatic heterocycles. The van der Waals surface area contributed by atoms with Gasteiger partial charge in [-0.15, -0.1) is 0 Å². The van der Waals surface area contributed by atoms with Gasteiger partial charge in [-0.3, -0.25) is 4.90 Å². The number of rotatable bonds is 6. The van der Waals surface area contributed by atoms with Crippen LogP contribution in [0.2, 0.25) is 5.02 Å². The second kappa shape index (κ2) is 7.67. The lowest BCUT2D eigenvalue weighted by Gasteiger charge is -2.43. The van der Waals surface area contributed by atoms with E-state index >= 15 is 0 Å². The molecule has 0 aromatic heterocycles. The molecule has 0 unspecified atom stereocenters. The monoisotopic (exact) mass is 357 g/mol. The summed E-state index contributed by atoms with van der Waals surface area (Å²) in [5.74, 6) is -0.313. The molecule has 6 heteroatoms. The number of nitrogens with zero attached hydrogens (tertiary/aromatic N) is 1. The molecular weight excluding hydrogens is 333 g/mol. The van der Waals surface area contributed by atoms with Crippen LogP contribution in [-0.2, 0) is 16.0 Å². The zero-order valence-corrected chi connectivity index (χ0v) is 14.8. The molecule has 0 bridgehead atoms. The minimum absolute atomic E-state index is 0.0471. The maximum absolute atomic E-state index is 13.3. The summed E-state index contributed by atoms with van der Waals surface area (Å²) < 4.78 is 25.0. The van der Waals surface area contributed by atoms with E-state index < -0.39 is 0 Å². The fraction of sp³-hybridized carbons (Fsp3) is 0.667. The molecule has 3 atom stereocenters. The summed E-state index contributed by atoms with van der Waals surface area (Å²) in [4.78, 5) is 2.37. The summed E-state index contributed by atoms with van der Waals surface area (Å²) in [5, 5.41) is 9.44. The highest BCUT2D eigenvalue weighted by atomic mass is 35.5. The molecule has 1 N–H and O–H groups in total. The van der Waals surface area contributed by atoms with Crippen LogP contribution in [0.3, 0.4) is 0 Å². The zero-order valence-electron chi connectivity index (χ0n) is 14.0. The number of halogens is 2. The van der Waals surface area contributed by atoms with Gasteiger partial charge in [-0.05, 0) is 43.4 Å². The number of methoxy groups -OCH3 is 1. The standard InChI is InChI=1S/C18H25ClFNO3/c1-23-18-5-4-15(24-9-8-22)11-17(18)21(7-6-18)12-13-2-3-14(20)10-16(13)19/h2-3,10,15,17,22H,4-9,11-12H2,1H3/t15-,17-,18+/m0/s1. The first-order valence-electron chi connectivity index (χ1n) is 8.53. The largest absolute Gasteiger partial charge is 0.394 e. The number of hydrogen-bond donors (Lipinski definition) is 1. The lowest BCUT2D eigenvalue weighted by molar-refractivity contribution is -0.104. The molecule has 4 nitrogen and oxygen atoms in total. The lowest BCUT2D eigenvalue weighted by atomic mass is 9.79. The van der Waals surface area contributed by atoms with E-state index in [2.05, 4.69) is 4.90 Å². The van der Waals surface area contributed by atoms with Crippen molar-refractivity contribution in [2.24, 2.45) is 0 Å². The summed E-state index contributed by atoms with van der Waals surface area (Å²) in [7, 11) is 1.79. The van der Waals surface area contributed by atoms with Gasteiger partial charge in [0.25, 0.3) is 0 Å². The minimum atomic E-state index is -0.313. The van der Waals surface area contributed by atoms with E-state index in [0.717, 1.165) is 37.8 Å². The van der Waals surface area contributed by atoms with Crippen LogP contribution in [0.1, 0.15) is 31.2 Å². The van der Waals surface area contributed by atoms with E-state index in [1.165, 1.54) is 12.1 Å². The van der Waals surface area contributed by atoms with Crippen molar-refractivity contribution in [1.29, 1.82) is 0 Å². The van der Waals surface area contributed by atoms with Crippen molar-refractivity contribution in [3.8, 4) is 0 Å². The summed E-state index contributed by atoms with van der Waals surface area (Å²) >= 11 is 6.20. The molecule has 2 aliphatic rings. The van der Waals surface area contributed by atoms with Crippen molar-refractivity contribution in [1.82, 2.24) is 4.90 Å². The van der Waals surface area contributed by atoms with Crippen molar-refractivity contribution in [3.05, 3.63) is 34.6 Å². The molecule has 134 valence electrons. The van der Waals surface area contributed by atoms with Crippen molar-refractivity contribution < 1.29 is 19.0 Å². The van der Waals surface area contributed by atoms with E-state index in [1.54, 1.807) is 13.2 Å². The van der Waals surface area contributed by atoms with Gasteiger partial charge in [-0.2, -0.15) is 0 Å². The summed E-state index contributed by atoms with van der Waals surface area (Å²) in [6, 6.07) is 4.83. The van der Waals surface area contributed by atoms with Crippen LogP contribution < -0.4 is 0 Å². The van der Waals surface area contributed by atoms with Crippen LogP contribution in [0.15, 0.2) is 18.2 Å². The molecular formula is C18H25ClFNO3. The number of fused-ring (bicyclic) bond motifs is 1. The maximum atomic E-state index is 13.3. The molecule has 1 aromatic rings. The topological polar surface area (TPSA) is 41.9 Å². The number of aliphatic hydroxyl groups is 1. The SMILES string of the molecule is CO[C@@]12CC[C@H](OCCO)C[C@@H]1N(Cc1ccc(F)cc1Cl)CC2. The molecule has 1 heterocycles. The van der Waals surface area contributed by atoms with Gasteiger partial charge in [-0.1, -0.05) is 17.7 Å². The van der Waals surface area contributed by atoms with E-state index in [4.69, 9.17) is 26.2 Å². The Bertz CT molecular complexity index is 573. The number of ether oxygens (including phenoxy) is 2. The summed E-state index contributed by atoms with van der Waals surface area (Å²) in [6.45, 7) is 2.03. The highest BCUT2D eigenvalue weighted by Gasteiger charge is 2.51. The Hall–Kier alpha value is -0.720. The van der Waals surface area contributed by atoms with E-state index in [9.17, 15) is 4.39 Å². The highest BCUT2D eigenvalue weighted by Crippen LogP contribution is 2.44. The Morgan fingerprint density at radius 2 is 2.25 bits per heavy atom. The van der Waals surface area contributed by atoms with E-state index in [1.807, 2.05) is 0 Å². The van der Waals surface area contributed by atoms with Crippen LogP contribution in [0.5, 0.6) is 0 Å². The van der Waals surface area contributed by atoms with E-state index in [-0.39, 0.29) is 30.2 Å². The number of likely N-dealkylation sites (tertiary alicyclic amines) is 1. The van der Waals surface area contributed by atoms with Gasteiger partial charge in [0, 0.05) is 31.3 Å². The fourth-order valence-electron chi connectivity index (χ4n) is 4.18. The third kappa shape index (κ3) is 3.60. The summed E-state index contributed by atoms with van der Waals surface area (Å²) in [5.41, 5.74) is 0.800. The van der Waals surface area contributed by atoms with Gasteiger partial charge in [0.1, 0.15) is 5.82 Å². The van der Waals surface area contributed by atoms with Gasteiger partial charge >= 0.3 is 0 Å². The maximum Gasteiger partial charge on any atom is 0.124 e. The number of hydrogen-bond acceptors (Lipinski definition) is 4. The smallest absolute Gasteiger partial charge is 0.124 e.